The van der Waals surface area contributed by atoms with Crippen molar-refractivity contribution in [3.8, 4) is 0 Å². The molecule has 0 aromatic carbocycles. The molecule has 0 saturated carbocycles. The molecule has 2 heterocycles. The number of methoxy groups -OCH3 is 1. The lowest BCUT2D eigenvalue weighted by atomic mass is 10.4. The molecule has 0 atom stereocenters. The van der Waals surface area contributed by atoms with Crippen LogP contribution in [-0.2, 0) is 9.53 Å². The quantitative estimate of drug-likeness (QED) is 0.663. The van der Waals surface area contributed by atoms with Crippen LogP contribution in [0.2, 0.25) is 0 Å². The molecule has 0 radical (unpaired) electrons. The Morgan fingerprint density at radius 2 is 2.28 bits per heavy atom. The first-order chi connectivity index (χ1) is 8.63. The van der Waals surface area contributed by atoms with E-state index in [4.69, 9.17) is 0 Å². The summed E-state index contributed by atoms with van der Waals surface area (Å²) in [6.07, 6.45) is 1.62. The topological polar surface area (TPSA) is 80.9 Å². The average Bonchev–Trinajstić information content (AvgIpc) is 2.74. The number of fused-ring (bicyclic) bond motifs is 1. The van der Waals surface area contributed by atoms with Gasteiger partial charge in [0.2, 0.25) is 0 Å². The number of esters is 1. The third kappa shape index (κ3) is 2.30. The van der Waals surface area contributed by atoms with Crippen molar-refractivity contribution in [3.63, 3.8) is 0 Å². The summed E-state index contributed by atoms with van der Waals surface area (Å²) >= 11 is 1.05. The maximum atomic E-state index is 11.2. The number of hydrogen-bond acceptors (Lipinski definition) is 5. The molecule has 0 fully saturated rings. The highest BCUT2D eigenvalue weighted by Gasteiger charge is 2.19. The second kappa shape index (κ2) is 5.09. The minimum Gasteiger partial charge on any atom is -0.476 e. The highest BCUT2D eigenvalue weighted by Crippen LogP contribution is 2.23. The van der Waals surface area contributed by atoms with Gasteiger partial charge >= 0.3 is 11.9 Å². The second-order valence-corrected chi connectivity index (χ2v) is 4.33. The Morgan fingerprint density at radius 3 is 2.94 bits per heavy atom. The molecule has 94 valence electrons. The van der Waals surface area contributed by atoms with E-state index in [2.05, 4.69) is 9.72 Å². The molecule has 0 saturated heterocycles. The van der Waals surface area contributed by atoms with E-state index in [1.165, 1.54) is 11.5 Å². The van der Waals surface area contributed by atoms with E-state index < -0.39 is 11.9 Å². The molecule has 0 aliphatic rings. The molecule has 0 aliphatic heterocycles. The van der Waals surface area contributed by atoms with Crippen LogP contribution in [0.5, 0.6) is 0 Å². The van der Waals surface area contributed by atoms with Crippen LogP contribution in [0.15, 0.2) is 29.4 Å². The SMILES string of the molecule is COC(=O)CSc1nc2ccccn2c1C(=O)O. The molecular weight excluding hydrogens is 256 g/mol. The van der Waals surface area contributed by atoms with Crippen molar-refractivity contribution >= 4 is 29.3 Å². The van der Waals surface area contributed by atoms with Gasteiger partial charge in [-0.25, -0.2) is 9.78 Å². The van der Waals surface area contributed by atoms with Crippen LogP contribution in [0.4, 0.5) is 0 Å². The number of carboxylic acids is 1. The number of aromatic carboxylic acids is 1. The summed E-state index contributed by atoms with van der Waals surface area (Å²) in [6.45, 7) is 0. The number of carbonyl (C=O) groups is 2. The first kappa shape index (κ1) is 12.4. The number of carbonyl (C=O) groups excluding carboxylic acids is 1. The van der Waals surface area contributed by atoms with Crippen LogP contribution in [0, 0.1) is 0 Å². The van der Waals surface area contributed by atoms with E-state index in [9.17, 15) is 14.7 Å². The largest absolute Gasteiger partial charge is 0.476 e. The van der Waals surface area contributed by atoms with Crippen molar-refractivity contribution in [1.29, 1.82) is 0 Å². The van der Waals surface area contributed by atoms with E-state index in [0.29, 0.717) is 10.7 Å². The monoisotopic (exact) mass is 266 g/mol. The molecule has 2 aromatic rings. The number of ether oxygens (including phenoxy) is 1. The summed E-state index contributed by atoms with van der Waals surface area (Å²) in [4.78, 5) is 26.5. The summed E-state index contributed by atoms with van der Waals surface area (Å²) in [6, 6.07) is 5.19. The van der Waals surface area contributed by atoms with E-state index in [1.807, 2.05) is 0 Å². The van der Waals surface area contributed by atoms with Gasteiger partial charge in [0.25, 0.3) is 0 Å². The number of hydrogen-bond donors (Lipinski definition) is 1. The molecule has 0 spiro atoms. The van der Waals surface area contributed by atoms with Gasteiger partial charge in [-0.15, -0.1) is 0 Å². The van der Waals surface area contributed by atoms with Crippen LogP contribution in [0.1, 0.15) is 10.5 Å². The summed E-state index contributed by atoms with van der Waals surface area (Å²) in [5, 5.41) is 9.49. The molecule has 0 aliphatic carbocycles. The minimum absolute atomic E-state index is 0.0284. The maximum Gasteiger partial charge on any atom is 0.355 e. The number of carboxylic acid groups (broad SMARTS) is 1. The van der Waals surface area contributed by atoms with Gasteiger partial charge < -0.3 is 9.84 Å². The van der Waals surface area contributed by atoms with Gasteiger partial charge in [-0.3, -0.25) is 9.20 Å². The van der Waals surface area contributed by atoms with Crippen molar-refractivity contribution in [2.24, 2.45) is 0 Å². The van der Waals surface area contributed by atoms with Crippen LogP contribution in [0.3, 0.4) is 0 Å². The van der Waals surface area contributed by atoms with E-state index in [0.717, 1.165) is 11.8 Å². The van der Waals surface area contributed by atoms with Crippen molar-refractivity contribution in [1.82, 2.24) is 9.38 Å². The minimum atomic E-state index is -1.08. The standard InChI is InChI=1S/C11H10N2O4S/c1-17-8(14)6-18-10-9(11(15)16)13-5-3-2-4-7(13)12-10/h2-5H,6H2,1H3,(H,15,16). The zero-order valence-electron chi connectivity index (χ0n) is 9.49. The molecule has 0 unspecified atom stereocenters. The summed E-state index contributed by atoms with van der Waals surface area (Å²) in [5.74, 6) is -1.48. The molecule has 18 heavy (non-hydrogen) atoms. The Morgan fingerprint density at radius 1 is 1.50 bits per heavy atom. The molecular formula is C11H10N2O4S. The zero-order chi connectivity index (χ0) is 13.1. The maximum absolute atomic E-state index is 11.2. The predicted octanol–water partition coefficient (Wildman–Crippen LogP) is 1.30. The Labute approximate surface area is 107 Å². The number of nitrogens with zero attached hydrogens (tertiary/aromatic N) is 2. The Bertz CT molecular complexity index is 608. The Balaban J connectivity index is 2.40. The lowest BCUT2D eigenvalue weighted by Crippen LogP contribution is -2.06. The van der Waals surface area contributed by atoms with Gasteiger partial charge in [-0.2, -0.15) is 0 Å². The first-order valence-corrected chi connectivity index (χ1v) is 6.02. The Hall–Kier alpha value is -2.02. The third-order valence-electron chi connectivity index (χ3n) is 2.25. The van der Waals surface area contributed by atoms with Crippen molar-refractivity contribution in [2.45, 2.75) is 5.03 Å². The van der Waals surface area contributed by atoms with Gasteiger partial charge in [0, 0.05) is 6.20 Å². The molecule has 2 aromatic heterocycles. The van der Waals surface area contributed by atoms with E-state index >= 15 is 0 Å². The van der Waals surface area contributed by atoms with Crippen LogP contribution >= 0.6 is 11.8 Å². The summed E-state index contributed by atoms with van der Waals surface area (Å²) in [5.41, 5.74) is 0.585. The van der Waals surface area contributed by atoms with Gasteiger partial charge in [0.1, 0.15) is 10.7 Å². The fourth-order valence-electron chi connectivity index (χ4n) is 1.46. The molecule has 7 heteroatoms. The van der Waals surface area contributed by atoms with Gasteiger partial charge in [-0.1, -0.05) is 17.8 Å². The number of rotatable bonds is 4. The molecule has 0 amide bonds. The molecule has 0 bridgehead atoms. The number of imidazole rings is 1. The van der Waals surface area contributed by atoms with Gasteiger partial charge in [-0.05, 0) is 12.1 Å². The average molecular weight is 266 g/mol. The third-order valence-corrected chi connectivity index (χ3v) is 3.19. The summed E-state index contributed by atoms with van der Waals surface area (Å²) in [7, 11) is 1.28. The lowest BCUT2D eigenvalue weighted by Gasteiger charge is -1.99. The number of pyridine rings is 1. The normalized spacial score (nSPS) is 10.5. The van der Waals surface area contributed by atoms with Crippen molar-refractivity contribution in [2.75, 3.05) is 12.9 Å². The highest BCUT2D eigenvalue weighted by molar-refractivity contribution is 8.00. The van der Waals surface area contributed by atoms with Gasteiger partial charge in [0.05, 0.1) is 12.9 Å². The van der Waals surface area contributed by atoms with Crippen molar-refractivity contribution in [3.05, 3.63) is 30.1 Å². The first-order valence-electron chi connectivity index (χ1n) is 5.03. The molecule has 2 rings (SSSR count). The van der Waals surface area contributed by atoms with Gasteiger partial charge in [0.15, 0.2) is 5.69 Å². The lowest BCUT2D eigenvalue weighted by molar-refractivity contribution is -0.137. The fraction of sp³-hybridized carbons (Fsp3) is 0.182. The smallest absolute Gasteiger partial charge is 0.355 e. The zero-order valence-corrected chi connectivity index (χ0v) is 10.3. The van der Waals surface area contributed by atoms with Crippen LogP contribution in [0.25, 0.3) is 5.65 Å². The highest BCUT2D eigenvalue weighted by atomic mass is 32.2. The van der Waals surface area contributed by atoms with Crippen LogP contribution < -0.4 is 0 Å². The van der Waals surface area contributed by atoms with Crippen LogP contribution in [-0.4, -0.2) is 39.3 Å². The predicted molar refractivity (Wildman–Crippen MR) is 64.9 cm³/mol. The number of thioether (sulfide) groups is 1. The second-order valence-electron chi connectivity index (χ2n) is 3.36. The van der Waals surface area contributed by atoms with E-state index in [-0.39, 0.29) is 11.4 Å². The van der Waals surface area contributed by atoms with E-state index in [1.54, 1.807) is 24.4 Å². The molecule has 6 nitrogen and oxygen atoms in total. The summed E-state index contributed by atoms with van der Waals surface area (Å²) < 4.78 is 5.98. The number of aromatic nitrogens is 2. The Kier molecular flexibility index (Phi) is 3.52. The van der Waals surface area contributed by atoms with Crippen molar-refractivity contribution < 1.29 is 19.4 Å². The fourth-order valence-corrected chi connectivity index (χ4v) is 2.31. The molecule has 1 N–H and O–H groups in total.